The highest BCUT2D eigenvalue weighted by atomic mass is 16.5. The zero-order valence-corrected chi connectivity index (χ0v) is 43.5. The van der Waals surface area contributed by atoms with Crippen LogP contribution in [-0.4, -0.2) is 20.1 Å². The predicted molar refractivity (Wildman–Crippen MR) is 337 cm³/mol. The number of nitrogens with zero attached hydrogens (tertiary/aromatic N) is 3. The number of anilines is 9. The van der Waals surface area contributed by atoms with E-state index in [0.29, 0.717) is 0 Å². The quantitative estimate of drug-likeness (QED) is 0.130. The van der Waals surface area contributed by atoms with Crippen LogP contribution in [0.25, 0.3) is 32.3 Å². The number of hydrogen-bond acceptors (Lipinski definition) is 6. The van der Waals surface area contributed by atoms with Gasteiger partial charge in [0.2, 0.25) is 0 Å². The minimum Gasteiger partial charge on any atom is -0.458 e. The third-order valence-electron chi connectivity index (χ3n) is 18.1. The summed E-state index contributed by atoms with van der Waals surface area (Å²) >= 11 is 0. The Hall–Kier alpha value is -10.4. The van der Waals surface area contributed by atoms with Crippen LogP contribution in [0.5, 0.6) is 34.5 Å². The SMILES string of the molecule is c1ccc(N2c3ccccc3B3c4cc5c(cc4Oc4cccc2c43)c2cc3c(cc2c2cc4c(cc25)B2c5ccccc5N(c5ccccc5)c5cccc(c52)O4)N(c2ccccc2)c2cccc4c2B3c2ccccc2O4)cc1. The van der Waals surface area contributed by atoms with Gasteiger partial charge in [0, 0.05) is 51.2 Å². The van der Waals surface area contributed by atoms with Crippen molar-refractivity contribution in [3.8, 4) is 34.5 Å². The van der Waals surface area contributed by atoms with E-state index in [-0.39, 0.29) is 20.1 Å². The van der Waals surface area contributed by atoms with Gasteiger partial charge in [0.25, 0.3) is 20.1 Å². The molecule has 0 aromatic heterocycles. The third kappa shape index (κ3) is 5.89. The van der Waals surface area contributed by atoms with Gasteiger partial charge < -0.3 is 28.9 Å². The maximum Gasteiger partial charge on any atom is 0.256 e. The monoisotopic (exact) mass is 1030 g/mol. The fourth-order valence-electron chi connectivity index (χ4n) is 14.9. The van der Waals surface area contributed by atoms with E-state index in [1.807, 2.05) is 0 Å². The van der Waals surface area contributed by atoms with Crippen molar-refractivity contribution >= 4 is 153 Å². The summed E-state index contributed by atoms with van der Waals surface area (Å²) < 4.78 is 21.5. The van der Waals surface area contributed by atoms with Crippen LogP contribution >= 0.6 is 0 Å². The molecule has 0 amide bonds. The van der Waals surface area contributed by atoms with Crippen LogP contribution < -0.4 is 78.1 Å². The number of para-hydroxylation sites is 6. The van der Waals surface area contributed by atoms with Gasteiger partial charge in [-0.3, -0.25) is 0 Å². The molecule has 0 atom stereocenters. The molecule has 0 fully saturated rings. The molecule has 6 aliphatic heterocycles. The van der Waals surface area contributed by atoms with Crippen LogP contribution in [0, 0.1) is 0 Å². The highest BCUT2D eigenvalue weighted by Gasteiger charge is 2.46. The van der Waals surface area contributed by atoms with Crippen molar-refractivity contribution < 1.29 is 14.2 Å². The first-order chi connectivity index (χ1) is 40.2. The zero-order valence-electron chi connectivity index (χ0n) is 43.5. The second-order valence-corrected chi connectivity index (χ2v) is 22.2. The highest BCUT2D eigenvalue weighted by molar-refractivity contribution is 7.01. The van der Waals surface area contributed by atoms with Crippen molar-refractivity contribution in [1.29, 1.82) is 0 Å². The summed E-state index contributed by atoms with van der Waals surface area (Å²) in [7, 11) is 0. The molecule has 81 heavy (non-hydrogen) atoms. The molecule has 13 aromatic carbocycles. The Morgan fingerprint density at radius 3 is 1.00 bits per heavy atom. The average Bonchev–Trinajstić information content (AvgIpc) is 2.93. The average molecular weight is 1030 g/mol. The Labute approximate surface area is 468 Å². The summed E-state index contributed by atoms with van der Waals surface area (Å²) in [6.45, 7) is -0.268. The molecule has 0 bridgehead atoms. The second-order valence-electron chi connectivity index (χ2n) is 22.2. The summed E-state index contributed by atoms with van der Waals surface area (Å²) in [4.78, 5) is 7.26. The van der Waals surface area contributed by atoms with E-state index >= 15 is 0 Å². The van der Waals surface area contributed by atoms with Crippen LogP contribution in [0.1, 0.15) is 0 Å². The summed E-state index contributed by atoms with van der Waals surface area (Å²) in [5.41, 5.74) is 20.8. The van der Waals surface area contributed by atoms with E-state index in [9.17, 15) is 0 Å². The van der Waals surface area contributed by atoms with Crippen molar-refractivity contribution in [2.75, 3.05) is 14.7 Å². The molecule has 0 spiro atoms. The maximum atomic E-state index is 7.33. The molecule has 0 saturated carbocycles. The number of benzene rings is 13. The molecule has 19 rings (SSSR count). The smallest absolute Gasteiger partial charge is 0.256 e. The molecule has 372 valence electrons. The molecule has 6 aliphatic rings. The van der Waals surface area contributed by atoms with Crippen molar-refractivity contribution in [2.24, 2.45) is 0 Å². The van der Waals surface area contributed by atoms with Gasteiger partial charge in [0.1, 0.15) is 34.5 Å². The molecule has 13 aromatic rings. The summed E-state index contributed by atoms with van der Waals surface area (Å²) in [6, 6.07) is 93.0. The van der Waals surface area contributed by atoms with Gasteiger partial charge >= 0.3 is 0 Å². The number of rotatable bonds is 3. The van der Waals surface area contributed by atoms with Crippen molar-refractivity contribution in [3.63, 3.8) is 0 Å². The molecule has 0 N–H and O–H groups in total. The Bertz CT molecular complexity index is 4920. The number of fused-ring (bicyclic) bond motifs is 18. The van der Waals surface area contributed by atoms with E-state index in [4.69, 9.17) is 14.2 Å². The Balaban J connectivity index is 0.925. The largest absolute Gasteiger partial charge is 0.458 e. The van der Waals surface area contributed by atoms with E-state index in [1.54, 1.807) is 0 Å². The van der Waals surface area contributed by atoms with Gasteiger partial charge in [0.15, 0.2) is 0 Å². The number of hydrogen-bond donors (Lipinski definition) is 0. The van der Waals surface area contributed by atoms with E-state index < -0.39 is 0 Å². The van der Waals surface area contributed by atoms with Gasteiger partial charge in [0.05, 0.1) is 0 Å². The Kier molecular flexibility index (Phi) is 8.68. The van der Waals surface area contributed by atoms with E-state index in [0.717, 1.165) is 112 Å². The van der Waals surface area contributed by atoms with Crippen LogP contribution in [-0.2, 0) is 0 Å². The summed E-state index contributed by atoms with van der Waals surface area (Å²) in [5.74, 6) is 5.27. The van der Waals surface area contributed by atoms with Crippen LogP contribution in [0.15, 0.2) is 255 Å². The topological polar surface area (TPSA) is 37.4 Å². The molecule has 0 aliphatic carbocycles. The Morgan fingerprint density at radius 1 is 0.210 bits per heavy atom. The first-order valence-electron chi connectivity index (χ1n) is 28.0. The molecular weight excluding hydrogens is 987 g/mol. The molecule has 0 saturated heterocycles. The normalized spacial score (nSPS) is 14.1. The first-order valence-corrected chi connectivity index (χ1v) is 28.0. The highest BCUT2D eigenvalue weighted by Crippen LogP contribution is 2.48. The lowest BCUT2D eigenvalue weighted by atomic mass is 9.33. The van der Waals surface area contributed by atoms with Crippen LogP contribution in [0.3, 0.4) is 0 Å². The fourth-order valence-corrected chi connectivity index (χ4v) is 14.9. The molecule has 6 heterocycles. The first kappa shape index (κ1) is 43.6. The minimum atomic E-state index is -0.0905. The van der Waals surface area contributed by atoms with E-state index in [1.165, 1.54) is 54.9 Å². The lowest BCUT2D eigenvalue weighted by molar-refractivity contribution is 0.487. The lowest BCUT2D eigenvalue weighted by Gasteiger charge is -2.41. The maximum absolute atomic E-state index is 7.33. The van der Waals surface area contributed by atoms with E-state index in [2.05, 4.69) is 269 Å². The fraction of sp³-hybridized carbons (Fsp3) is 0. The Morgan fingerprint density at radius 2 is 0.531 bits per heavy atom. The van der Waals surface area contributed by atoms with Crippen molar-refractivity contribution in [1.82, 2.24) is 0 Å². The van der Waals surface area contributed by atoms with Gasteiger partial charge in [-0.05, 0) is 191 Å². The molecular formula is C72H42B3N3O3. The third-order valence-corrected chi connectivity index (χ3v) is 18.1. The van der Waals surface area contributed by atoms with Crippen LogP contribution in [0.2, 0.25) is 0 Å². The van der Waals surface area contributed by atoms with Gasteiger partial charge in [-0.25, -0.2) is 0 Å². The van der Waals surface area contributed by atoms with Crippen molar-refractivity contribution in [3.05, 3.63) is 255 Å². The van der Waals surface area contributed by atoms with Crippen molar-refractivity contribution in [2.45, 2.75) is 0 Å². The summed E-state index contributed by atoms with van der Waals surface area (Å²) in [5, 5.41) is 6.90. The number of ether oxygens (including phenoxy) is 3. The van der Waals surface area contributed by atoms with Gasteiger partial charge in [-0.15, -0.1) is 0 Å². The molecule has 6 nitrogen and oxygen atoms in total. The molecule has 0 radical (unpaired) electrons. The lowest BCUT2D eigenvalue weighted by Crippen LogP contribution is -2.59. The van der Waals surface area contributed by atoms with Gasteiger partial charge in [-0.2, -0.15) is 0 Å². The zero-order chi connectivity index (χ0) is 52.6. The standard InChI is InChI=1S/C72H42B3N3O3/c1-4-19-43(20-5-1)76-58-28-13-10-25-52(58)73-56-38-47-48-39-57-69(81-67-36-17-31-61-71(67)74(57)53-26-11-14-29-59(53)77(61)44-21-6-2-7-22-44)42-51(48)49-40-63-55(37-46(49)50(47)41-68(56)80-66-35-16-30-60(76)70(66)73)75-54-27-12-15-33-64(54)79-65-34-18-32-62(72(65)75)78(63)45-23-8-3-9-24-45/h1-42H. The molecule has 0 unspecified atom stereocenters. The predicted octanol–water partition coefficient (Wildman–Crippen LogP) is 12.4. The second kappa shape index (κ2) is 16.1. The molecule has 9 heteroatoms. The minimum absolute atomic E-state index is 0.0869. The van der Waals surface area contributed by atoms with Crippen LogP contribution in [0.4, 0.5) is 51.2 Å². The van der Waals surface area contributed by atoms with Gasteiger partial charge in [-0.1, -0.05) is 146 Å². The summed E-state index contributed by atoms with van der Waals surface area (Å²) in [6.07, 6.45) is 0.